The molecule has 0 aliphatic rings. The molecule has 0 heterocycles. The highest BCUT2D eigenvalue weighted by Gasteiger charge is 2.29. The van der Waals surface area contributed by atoms with Crippen molar-refractivity contribution in [2.24, 2.45) is 4.40 Å². The lowest BCUT2D eigenvalue weighted by Gasteiger charge is -2.05. The lowest BCUT2D eigenvalue weighted by atomic mass is 10.1. The first kappa shape index (κ1) is 17.6. The van der Waals surface area contributed by atoms with E-state index in [0.717, 1.165) is 54.7 Å². The Bertz CT molecular complexity index is 874. The Morgan fingerprint density at radius 1 is 1.00 bits per heavy atom. The largest absolute Gasteiger partial charge is 0.416 e. The molecule has 10 heteroatoms. The quantitative estimate of drug-likeness (QED) is 0.476. The molecule has 0 unspecified atom stereocenters. The molecule has 2 aromatic rings. The summed E-state index contributed by atoms with van der Waals surface area (Å²) >= 11 is 0. The monoisotopic (exact) mass is 358 g/mol. The molecule has 0 aliphatic heterocycles. The summed E-state index contributed by atoms with van der Waals surface area (Å²) < 4.78 is 64.6. The van der Waals surface area contributed by atoms with Crippen molar-refractivity contribution in [2.75, 3.05) is 0 Å². The third-order valence-corrected chi connectivity index (χ3v) is 4.17. The highest BCUT2D eigenvalue weighted by atomic mass is 32.2. The van der Waals surface area contributed by atoms with Crippen LogP contribution in [0, 0.1) is 10.1 Å². The summed E-state index contributed by atoms with van der Waals surface area (Å²) in [6, 6.07) is 7.85. The van der Waals surface area contributed by atoms with E-state index in [0.29, 0.717) is 0 Å². The Labute approximate surface area is 134 Å². The molecule has 126 valence electrons. The Morgan fingerprint density at radius 2 is 1.54 bits per heavy atom. The van der Waals surface area contributed by atoms with E-state index in [2.05, 4.69) is 4.40 Å². The van der Waals surface area contributed by atoms with Gasteiger partial charge < -0.3 is 0 Å². The number of halogens is 3. The van der Waals surface area contributed by atoms with Crippen LogP contribution in [0.5, 0.6) is 0 Å². The highest BCUT2D eigenvalue weighted by molar-refractivity contribution is 7.90. The minimum Gasteiger partial charge on any atom is -0.258 e. The van der Waals surface area contributed by atoms with Gasteiger partial charge in [-0.3, -0.25) is 10.1 Å². The Balaban J connectivity index is 2.22. The van der Waals surface area contributed by atoms with Gasteiger partial charge in [0.1, 0.15) is 0 Å². The Kier molecular flexibility index (Phi) is 4.69. The fourth-order valence-corrected chi connectivity index (χ4v) is 2.55. The molecule has 0 radical (unpaired) electrons. The third-order valence-electron chi connectivity index (χ3n) is 2.92. The SMILES string of the molecule is O=[N+]([O-])c1ccc(S(=O)(=O)N=Cc2ccc(C(F)(F)F)cc2)cc1. The summed E-state index contributed by atoms with van der Waals surface area (Å²) in [5.74, 6) is 0. The Morgan fingerprint density at radius 3 is 2.00 bits per heavy atom. The molecular weight excluding hydrogens is 349 g/mol. The predicted molar refractivity (Wildman–Crippen MR) is 79.3 cm³/mol. The molecule has 0 N–H and O–H groups in total. The molecule has 0 saturated heterocycles. The molecule has 0 atom stereocenters. The van der Waals surface area contributed by atoms with Gasteiger partial charge in [0, 0.05) is 18.3 Å². The molecule has 0 fully saturated rings. The molecule has 2 aromatic carbocycles. The first-order valence-corrected chi connectivity index (χ1v) is 7.76. The number of nitro groups is 1. The number of nitrogens with zero attached hydrogens (tertiary/aromatic N) is 2. The molecule has 24 heavy (non-hydrogen) atoms. The molecule has 0 aliphatic carbocycles. The maximum absolute atomic E-state index is 12.4. The van der Waals surface area contributed by atoms with Crippen LogP contribution in [0.4, 0.5) is 18.9 Å². The average Bonchev–Trinajstić information content (AvgIpc) is 2.52. The van der Waals surface area contributed by atoms with Crippen LogP contribution in [0.2, 0.25) is 0 Å². The first-order valence-electron chi connectivity index (χ1n) is 6.32. The summed E-state index contributed by atoms with van der Waals surface area (Å²) in [6.45, 7) is 0. The van der Waals surface area contributed by atoms with Gasteiger partial charge in [0.05, 0.1) is 15.4 Å². The molecule has 2 rings (SSSR count). The van der Waals surface area contributed by atoms with Gasteiger partial charge in [-0.2, -0.15) is 26.0 Å². The zero-order chi connectivity index (χ0) is 18.0. The number of alkyl halides is 3. The summed E-state index contributed by atoms with van der Waals surface area (Å²) in [5.41, 5.74) is -0.980. The van der Waals surface area contributed by atoms with E-state index >= 15 is 0 Å². The number of hydrogen-bond donors (Lipinski definition) is 0. The van der Waals surface area contributed by atoms with Crippen molar-refractivity contribution in [3.05, 3.63) is 69.8 Å². The zero-order valence-corrected chi connectivity index (χ0v) is 12.6. The summed E-state index contributed by atoms with van der Waals surface area (Å²) in [4.78, 5) is 9.57. The minimum atomic E-state index is -4.49. The second kappa shape index (κ2) is 6.40. The van der Waals surface area contributed by atoms with E-state index in [1.807, 2.05) is 0 Å². The van der Waals surface area contributed by atoms with Gasteiger partial charge in [-0.15, -0.1) is 0 Å². The molecule has 0 saturated carbocycles. The summed E-state index contributed by atoms with van der Waals surface area (Å²) in [6.07, 6.45) is -3.59. The van der Waals surface area contributed by atoms with E-state index in [-0.39, 0.29) is 16.1 Å². The van der Waals surface area contributed by atoms with Gasteiger partial charge in [0.25, 0.3) is 15.7 Å². The summed E-state index contributed by atoms with van der Waals surface area (Å²) in [7, 11) is -4.11. The molecule has 6 nitrogen and oxygen atoms in total. The second-order valence-electron chi connectivity index (χ2n) is 4.58. The van der Waals surface area contributed by atoms with Crippen LogP contribution in [-0.2, 0) is 16.2 Å². The van der Waals surface area contributed by atoms with Gasteiger partial charge in [-0.25, -0.2) is 0 Å². The minimum absolute atomic E-state index is 0.161. The first-order chi connectivity index (χ1) is 11.1. The van der Waals surface area contributed by atoms with Crippen molar-refractivity contribution >= 4 is 21.9 Å². The number of non-ortho nitro benzene ring substituents is 1. The van der Waals surface area contributed by atoms with Crippen LogP contribution in [0.25, 0.3) is 0 Å². The van der Waals surface area contributed by atoms with E-state index in [1.165, 1.54) is 0 Å². The molecule has 0 bridgehead atoms. The van der Waals surface area contributed by atoms with Crippen LogP contribution in [-0.4, -0.2) is 19.6 Å². The number of hydrogen-bond acceptors (Lipinski definition) is 4. The van der Waals surface area contributed by atoms with Crippen molar-refractivity contribution in [2.45, 2.75) is 11.1 Å². The third kappa shape index (κ3) is 4.16. The predicted octanol–water partition coefficient (Wildman–Crippen LogP) is 3.42. The topological polar surface area (TPSA) is 89.6 Å². The average molecular weight is 358 g/mol. The maximum atomic E-state index is 12.4. The lowest BCUT2D eigenvalue weighted by molar-refractivity contribution is -0.384. The van der Waals surface area contributed by atoms with Gasteiger partial charge in [-0.05, 0) is 29.8 Å². The Hall–Kier alpha value is -2.75. The second-order valence-corrected chi connectivity index (χ2v) is 6.21. The highest BCUT2D eigenvalue weighted by Crippen LogP contribution is 2.29. The van der Waals surface area contributed by atoms with Gasteiger partial charge >= 0.3 is 6.18 Å². The molecule has 0 spiro atoms. The van der Waals surface area contributed by atoms with Crippen molar-refractivity contribution in [3.63, 3.8) is 0 Å². The van der Waals surface area contributed by atoms with Crippen LogP contribution >= 0.6 is 0 Å². The molecule has 0 amide bonds. The van der Waals surface area contributed by atoms with E-state index in [1.54, 1.807) is 0 Å². The number of sulfonamides is 1. The molecule has 0 aromatic heterocycles. The van der Waals surface area contributed by atoms with Gasteiger partial charge in [0.2, 0.25) is 0 Å². The van der Waals surface area contributed by atoms with E-state index < -0.39 is 26.7 Å². The van der Waals surface area contributed by atoms with E-state index in [4.69, 9.17) is 0 Å². The van der Waals surface area contributed by atoms with Crippen molar-refractivity contribution in [1.29, 1.82) is 0 Å². The number of rotatable bonds is 4. The van der Waals surface area contributed by atoms with Crippen LogP contribution in [0.1, 0.15) is 11.1 Å². The zero-order valence-electron chi connectivity index (χ0n) is 11.8. The van der Waals surface area contributed by atoms with Crippen molar-refractivity contribution in [1.82, 2.24) is 0 Å². The summed E-state index contributed by atoms with van der Waals surface area (Å²) in [5, 5.41) is 10.5. The van der Waals surface area contributed by atoms with Gasteiger partial charge in [-0.1, -0.05) is 12.1 Å². The standard InChI is InChI=1S/C14H9F3N2O4S/c15-14(16,17)11-3-1-10(2-4-11)9-18-24(22,23)13-7-5-12(6-8-13)19(20)21/h1-9H. The fraction of sp³-hybridized carbons (Fsp3) is 0.0714. The van der Waals surface area contributed by atoms with Gasteiger partial charge in [0.15, 0.2) is 0 Å². The maximum Gasteiger partial charge on any atom is 0.416 e. The fourth-order valence-electron chi connectivity index (χ4n) is 1.69. The smallest absolute Gasteiger partial charge is 0.258 e. The number of benzene rings is 2. The van der Waals surface area contributed by atoms with Crippen LogP contribution in [0.3, 0.4) is 0 Å². The lowest BCUT2D eigenvalue weighted by Crippen LogP contribution is -2.04. The van der Waals surface area contributed by atoms with E-state index in [9.17, 15) is 31.7 Å². The van der Waals surface area contributed by atoms with Crippen molar-refractivity contribution < 1.29 is 26.5 Å². The van der Waals surface area contributed by atoms with Crippen LogP contribution < -0.4 is 0 Å². The normalized spacial score (nSPS) is 12.5. The van der Waals surface area contributed by atoms with Crippen molar-refractivity contribution in [3.8, 4) is 0 Å². The number of nitro benzene ring substituents is 1. The van der Waals surface area contributed by atoms with Crippen LogP contribution in [0.15, 0.2) is 57.8 Å². The molecular formula is C14H9F3N2O4S.